The van der Waals surface area contributed by atoms with E-state index in [9.17, 15) is 0 Å². The molecule has 0 amide bonds. The van der Waals surface area contributed by atoms with Crippen LogP contribution in [-0.2, 0) is 6.54 Å². The second-order valence-corrected chi connectivity index (χ2v) is 3.70. The van der Waals surface area contributed by atoms with Gasteiger partial charge in [-0.05, 0) is 22.0 Å². The van der Waals surface area contributed by atoms with Gasteiger partial charge in [0.25, 0.3) is 0 Å². The lowest BCUT2D eigenvalue weighted by molar-refractivity contribution is 0.918. The molecule has 2 aromatic rings. The number of pyridine rings is 1. The van der Waals surface area contributed by atoms with Crippen LogP contribution in [0.2, 0.25) is 0 Å². The third kappa shape index (κ3) is 1.49. The Morgan fingerprint density at radius 1 is 1.62 bits per heavy atom. The van der Waals surface area contributed by atoms with Gasteiger partial charge in [0.1, 0.15) is 0 Å². The van der Waals surface area contributed by atoms with Gasteiger partial charge in [-0.25, -0.2) is 0 Å². The molecule has 0 radical (unpaired) electrons. The molecule has 3 nitrogen and oxygen atoms in total. The van der Waals surface area contributed by atoms with Gasteiger partial charge in [-0.2, -0.15) is 0 Å². The standard InChI is InChI=1S/C8H9BBrN3/c9-13-4-7-8-5(1-2-11-8)6(10)3-12-7/h1-3,11,13H,4,9H2. The molecule has 0 bridgehead atoms. The molecule has 0 fully saturated rings. The molecule has 5 heteroatoms. The molecule has 0 saturated carbocycles. The maximum atomic E-state index is 4.33. The number of fused-ring (bicyclic) bond motifs is 1. The Hall–Kier alpha value is -0.805. The predicted molar refractivity (Wildman–Crippen MR) is 59.2 cm³/mol. The van der Waals surface area contributed by atoms with Gasteiger partial charge in [0.15, 0.2) is 7.98 Å². The summed E-state index contributed by atoms with van der Waals surface area (Å²) < 4.78 is 1.03. The van der Waals surface area contributed by atoms with E-state index in [0.717, 1.165) is 22.2 Å². The molecule has 0 spiro atoms. The molecule has 0 aliphatic heterocycles. The van der Waals surface area contributed by atoms with E-state index in [1.54, 1.807) is 0 Å². The monoisotopic (exact) mass is 237 g/mol. The summed E-state index contributed by atoms with van der Waals surface area (Å²) in [5.41, 5.74) is 2.15. The number of H-pyrrole nitrogens is 1. The number of rotatable bonds is 2. The van der Waals surface area contributed by atoms with Crippen molar-refractivity contribution in [2.24, 2.45) is 0 Å². The molecule has 2 rings (SSSR count). The Kier molecular flexibility index (Phi) is 2.37. The first kappa shape index (κ1) is 8.78. The quantitative estimate of drug-likeness (QED) is 0.765. The van der Waals surface area contributed by atoms with Crippen molar-refractivity contribution >= 4 is 34.8 Å². The molecule has 0 aromatic carbocycles. The Morgan fingerprint density at radius 3 is 3.23 bits per heavy atom. The molecular weight excluding hydrogens is 229 g/mol. The summed E-state index contributed by atoms with van der Waals surface area (Å²) in [7, 11) is 1.92. The second kappa shape index (κ2) is 3.51. The van der Waals surface area contributed by atoms with Crippen LogP contribution in [0, 0.1) is 0 Å². The van der Waals surface area contributed by atoms with Gasteiger partial charge >= 0.3 is 0 Å². The third-order valence-corrected chi connectivity index (χ3v) is 2.60. The summed E-state index contributed by atoms with van der Waals surface area (Å²) in [4.78, 5) is 7.51. The Bertz CT molecular complexity index is 426. The van der Waals surface area contributed by atoms with E-state index >= 15 is 0 Å². The molecule has 0 aliphatic carbocycles. The van der Waals surface area contributed by atoms with Gasteiger partial charge in [-0.15, -0.1) is 0 Å². The number of nitrogens with one attached hydrogen (secondary N) is 2. The van der Waals surface area contributed by atoms with Crippen molar-refractivity contribution in [2.45, 2.75) is 6.54 Å². The van der Waals surface area contributed by atoms with E-state index in [1.165, 1.54) is 5.39 Å². The van der Waals surface area contributed by atoms with Crippen LogP contribution in [0.25, 0.3) is 10.9 Å². The fourth-order valence-electron chi connectivity index (χ4n) is 1.38. The van der Waals surface area contributed by atoms with Crippen molar-refractivity contribution < 1.29 is 0 Å². The van der Waals surface area contributed by atoms with Crippen molar-refractivity contribution in [1.29, 1.82) is 0 Å². The van der Waals surface area contributed by atoms with E-state index in [4.69, 9.17) is 0 Å². The zero-order valence-electron chi connectivity index (χ0n) is 7.26. The van der Waals surface area contributed by atoms with Crippen molar-refractivity contribution in [3.05, 3.63) is 28.6 Å². The summed E-state index contributed by atoms with van der Waals surface area (Å²) >= 11 is 3.46. The number of nitrogens with zero attached hydrogens (tertiary/aromatic N) is 1. The van der Waals surface area contributed by atoms with E-state index in [-0.39, 0.29) is 0 Å². The van der Waals surface area contributed by atoms with Crippen molar-refractivity contribution in [2.75, 3.05) is 0 Å². The lowest BCUT2D eigenvalue weighted by Crippen LogP contribution is -2.09. The zero-order chi connectivity index (χ0) is 9.26. The van der Waals surface area contributed by atoms with Crippen LogP contribution in [0.1, 0.15) is 5.69 Å². The lowest BCUT2D eigenvalue weighted by Gasteiger charge is -2.02. The van der Waals surface area contributed by atoms with E-state index in [0.29, 0.717) is 0 Å². The maximum Gasteiger partial charge on any atom is 0.182 e. The number of hydrogen-bond donors (Lipinski definition) is 2. The predicted octanol–water partition coefficient (Wildman–Crippen LogP) is 0.963. The van der Waals surface area contributed by atoms with E-state index in [2.05, 4.69) is 31.1 Å². The maximum absolute atomic E-state index is 4.33. The molecule has 13 heavy (non-hydrogen) atoms. The first-order chi connectivity index (χ1) is 6.33. The lowest BCUT2D eigenvalue weighted by atomic mass is 10.2. The Morgan fingerprint density at radius 2 is 2.46 bits per heavy atom. The zero-order valence-corrected chi connectivity index (χ0v) is 8.85. The number of hydrogen-bond acceptors (Lipinski definition) is 2. The molecule has 0 aliphatic rings. The molecule has 0 unspecified atom stereocenters. The fourth-order valence-corrected chi connectivity index (χ4v) is 1.81. The minimum Gasteiger partial charge on any atom is -0.360 e. The molecular formula is C8H9BBrN3. The van der Waals surface area contributed by atoms with Crippen LogP contribution in [0.4, 0.5) is 0 Å². The topological polar surface area (TPSA) is 40.7 Å². The van der Waals surface area contributed by atoms with Gasteiger partial charge < -0.3 is 10.2 Å². The molecule has 2 N–H and O–H groups in total. The van der Waals surface area contributed by atoms with Crippen molar-refractivity contribution in [3.63, 3.8) is 0 Å². The highest BCUT2D eigenvalue weighted by atomic mass is 79.9. The molecule has 2 aromatic heterocycles. The van der Waals surface area contributed by atoms with E-state index in [1.807, 2.05) is 26.4 Å². The third-order valence-electron chi connectivity index (χ3n) is 1.97. The van der Waals surface area contributed by atoms with E-state index < -0.39 is 0 Å². The highest BCUT2D eigenvalue weighted by Gasteiger charge is 2.05. The molecule has 0 atom stereocenters. The first-order valence-electron chi connectivity index (χ1n) is 4.08. The minimum atomic E-state index is 0.782. The number of halogens is 1. The SMILES string of the molecule is BNCc1ncc(Br)c2cc[nH]c12. The van der Waals surface area contributed by atoms with Crippen LogP contribution in [-0.4, -0.2) is 17.9 Å². The van der Waals surface area contributed by atoms with Crippen LogP contribution >= 0.6 is 15.9 Å². The van der Waals surface area contributed by atoms with Gasteiger partial charge in [-0.3, -0.25) is 4.98 Å². The average molecular weight is 238 g/mol. The van der Waals surface area contributed by atoms with Gasteiger partial charge in [0.05, 0.1) is 11.2 Å². The Labute approximate surface area is 85.5 Å². The van der Waals surface area contributed by atoms with Gasteiger partial charge in [-0.1, -0.05) is 0 Å². The minimum absolute atomic E-state index is 0.782. The van der Waals surface area contributed by atoms with Crippen LogP contribution in [0.3, 0.4) is 0 Å². The van der Waals surface area contributed by atoms with Crippen LogP contribution < -0.4 is 5.23 Å². The smallest absolute Gasteiger partial charge is 0.182 e. The fraction of sp³-hybridized carbons (Fsp3) is 0.125. The molecule has 66 valence electrons. The molecule has 2 heterocycles. The summed E-state index contributed by atoms with van der Waals surface area (Å²) in [6, 6.07) is 2.04. The van der Waals surface area contributed by atoms with Gasteiger partial charge in [0, 0.05) is 28.8 Å². The summed E-state index contributed by atoms with van der Waals surface area (Å²) in [6.45, 7) is 0.782. The highest BCUT2D eigenvalue weighted by Crippen LogP contribution is 2.23. The summed E-state index contributed by atoms with van der Waals surface area (Å²) in [5, 5.41) is 4.27. The average Bonchev–Trinajstić information content (AvgIpc) is 2.59. The Balaban J connectivity index is 2.64. The van der Waals surface area contributed by atoms with Crippen molar-refractivity contribution in [3.8, 4) is 0 Å². The largest absolute Gasteiger partial charge is 0.360 e. The van der Waals surface area contributed by atoms with Crippen LogP contribution in [0.5, 0.6) is 0 Å². The van der Waals surface area contributed by atoms with Gasteiger partial charge in [0.2, 0.25) is 0 Å². The summed E-state index contributed by atoms with van der Waals surface area (Å²) in [6.07, 6.45) is 3.76. The second-order valence-electron chi connectivity index (χ2n) is 2.85. The van der Waals surface area contributed by atoms with Crippen molar-refractivity contribution in [1.82, 2.24) is 15.2 Å². The number of aromatic nitrogens is 2. The summed E-state index contributed by atoms with van der Waals surface area (Å²) in [5.74, 6) is 0. The first-order valence-corrected chi connectivity index (χ1v) is 4.87. The highest BCUT2D eigenvalue weighted by molar-refractivity contribution is 9.10. The van der Waals surface area contributed by atoms with Crippen LogP contribution in [0.15, 0.2) is 22.9 Å². The number of aromatic amines is 1. The normalized spacial score (nSPS) is 10.8. The molecule has 0 saturated heterocycles.